The van der Waals surface area contributed by atoms with Gasteiger partial charge in [-0.15, -0.1) is 0 Å². The van der Waals surface area contributed by atoms with Crippen molar-refractivity contribution in [2.24, 2.45) is 5.92 Å². The molecular formula is C17H21N3O4S. The first-order chi connectivity index (χ1) is 11.8. The maximum atomic E-state index is 12.7. The highest BCUT2D eigenvalue weighted by Gasteiger charge is 2.26. The molecule has 25 heavy (non-hydrogen) atoms. The number of rotatable bonds is 7. The van der Waals surface area contributed by atoms with Crippen LogP contribution >= 0.6 is 0 Å². The Morgan fingerprint density at radius 1 is 1.40 bits per heavy atom. The van der Waals surface area contributed by atoms with Gasteiger partial charge in [-0.25, -0.2) is 9.78 Å². The summed E-state index contributed by atoms with van der Waals surface area (Å²) in [5, 5.41) is 9.14. The zero-order valence-corrected chi connectivity index (χ0v) is 15.0. The van der Waals surface area contributed by atoms with Gasteiger partial charge in [-0.05, 0) is 43.4 Å². The van der Waals surface area contributed by atoms with Crippen molar-refractivity contribution in [1.29, 1.82) is 0 Å². The van der Waals surface area contributed by atoms with E-state index < -0.39 is 16.0 Å². The van der Waals surface area contributed by atoms with Crippen molar-refractivity contribution in [3.8, 4) is 0 Å². The fraction of sp³-hybridized carbons (Fsp3) is 0.412. The second kappa shape index (κ2) is 6.51. The standard InChI is InChI=1S/C17H21N3O4S/c1-3-15-18-16(10-20(15)9-12-7-8-12)25(23,24)19-14-6-4-5-13(11(14)2)17(21)22/h4-6,10,12,19H,3,7-9H2,1-2H3,(H,21,22). The first-order valence-corrected chi connectivity index (χ1v) is 9.72. The van der Waals surface area contributed by atoms with Gasteiger partial charge in [0.2, 0.25) is 0 Å². The van der Waals surface area contributed by atoms with Crippen LogP contribution in [0.3, 0.4) is 0 Å². The van der Waals surface area contributed by atoms with Crippen LogP contribution in [-0.4, -0.2) is 29.0 Å². The van der Waals surface area contributed by atoms with E-state index >= 15 is 0 Å². The van der Waals surface area contributed by atoms with E-state index in [9.17, 15) is 18.3 Å². The number of carbonyl (C=O) groups is 1. The average molecular weight is 363 g/mol. The highest BCUT2D eigenvalue weighted by atomic mass is 32.2. The zero-order valence-electron chi connectivity index (χ0n) is 14.2. The van der Waals surface area contributed by atoms with E-state index in [1.165, 1.54) is 25.0 Å². The fourth-order valence-electron chi connectivity index (χ4n) is 2.75. The second-order valence-electron chi connectivity index (χ2n) is 6.33. The summed E-state index contributed by atoms with van der Waals surface area (Å²) in [7, 11) is -3.88. The summed E-state index contributed by atoms with van der Waals surface area (Å²) in [6.45, 7) is 4.31. The van der Waals surface area contributed by atoms with Gasteiger partial charge in [0.1, 0.15) is 5.82 Å². The molecule has 0 aliphatic heterocycles. The minimum Gasteiger partial charge on any atom is -0.478 e. The maximum absolute atomic E-state index is 12.7. The van der Waals surface area contributed by atoms with Gasteiger partial charge in [0.25, 0.3) is 10.0 Å². The number of anilines is 1. The summed E-state index contributed by atoms with van der Waals surface area (Å²) in [5.41, 5.74) is 0.676. The van der Waals surface area contributed by atoms with Crippen LogP contribution in [0.2, 0.25) is 0 Å². The lowest BCUT2D eigenvalue weighted by Crippen LogP contribution is -2.15. The predicted octanol–water partition coefficient (Wildman–Crippen LogP) is 2.66. The number of sulfonamides is 1. The van der Waals surface area contributed by atoms with E-state index in [1.54, 1.807) is 19.2 Å². The van der Waals surface area contributed by atoms with Crippen molar-refractivity contribution in [2.45, 2.75) is 44.7 Å². The van der Waals surface area contributed by atoms with Crippen LogP contribution in [0.1, 0.15) is 41.5 Å². The molecule has 2 aromatic rings. The van der Waals surface area contributed by atoms with E-state index in [1.807, 2.05) is 11.5 Å². The Balaban J connectivity index is 1.91. The Labute approximate surface area is 146 Å². The highest BCUT2D eigenvalue weighted by Crippen LogP contribution is 2.31. The van der Waals surface area contributed by atoms with Gasteiger partial charge in [0, 0.05) is 19.2 Å². The van der Waals surface area contributed by atoms with Crippen LogP contribution in [-0.2, 0) is 23.0 Å². The molecule has 1 saturated carbocycles. The van der Waals surface area contributed by atoms with Crippen molar-refractivity contribution in [3.05, 3.63) is 41.3 Å². The minimum atomic E-state index is -3.88. The number of carboxylic acid groups (broad SMARTS) is 1. The molecule has 0 unspecified atom stereocenters. The largest absolute Gasteiger partial charge is 0.478 e. The molecule has 0 atom stereocenters. The molecule has 1 fully saturated rings. The third-order valence-electron chi connectivity index (χ3n) is 4.39. The number of aromatic carboxylic acids is 1. The Bertz CT molecular complexity index is 914. The van der Waals surface area contributed by atoms with Crippen LogP contribution in [0.4, 0.5) is 5.69 Å². The zero-order chi connectivity index (χ0) is 18.2. The molecule has 1 aliphatic carbocycles. The van der Waals surface area contributed by atoms with Crippen molar-refractivity contribution in [1.82, 2.24) is 9.55 Å². The molecule has 0 spiro atoms. The predicted molar refractivity (Wildman–Crippen MR) is 93.3 cm³/mol. The Kier molecular flexibility index (Phi) is 4.55. The number of nitrogens with zero attached hydrogens (tertiary/aromatic N) is 2. The smallest absolute Gasteiger partial charge is 0.336 e. The van der Waals surface area contributed by atoms with Crippen molar-refractivity contribution in [3.63, 3.8) is 0 Å². The number of aryl methyl sites for hydroxylation is 1. The number of carboxylic acids is 1. The third kappa shape index (κ3) is 3.68. The molecule has 8 heteroatoms. The summed E-state index contributed by atoms with van der Waals surface area (Å²) in [4.78, 5) is 15.5. The van der Waals surface area contributed by atoms with Crippen LogP contribution in [0.15, 0.2) is 29.4 Å². The molecule has 2 N–H and O–H groups in total. The molecular weight excluding hydrogens is 342 g/mol. The molecule has 0 saturated heterocycles. The van der Waals surface area contributed by atoms with E-state index in [4.69, 9.17) is 0 Å². The molecule has 1 aromatic carbocycles. The van der Waals surface area contributed by atoms with Gasteiger partial charge in [-0.3, -0.25) is 4.72 Å². The lowest BCUT2D eigenvalue weighted by Gasteiger charge is -2.10. The Morgan fingerprint density at radius 3 is 2.72 bits per heavy atom. The van der Waals surface area contributed by atoms with E-state index in [0.29, 0.717) is 17.9 Å². The maximum Gasteiger partial charge on any atom is 0.336 e. The monoisotopic (exact) mass is 363 g/mol. The number of hydrogen-bond acceptors (Lipinski definition) is 4. The minimum absolute atomic E-state index is 0.0369. The molecule has 0 amide bonds. The van der Waals surface area contributed by atoms with E-state index in [0.717, 1.165) is 12.4 Å². The molecule has 3 rings (SSSR count). The van der Waals surface area contributed by atoms with Crippen LogP contribution in [0.25, 0.3) is 0 Å². The van der Waals surface area contributed by atoms with E-state index in [2.05, 4.69) is 9.71 Å². The number of benzene rings is 1. The van der Waals surface area contributed by atoms with E-state index in [-0.39, 0.29) is 16.3 Å². The quantitative estimate of drug-likeness (QED) is 0.787. The summed E-state index contributed by atoms with van der Waals surface area (Å²) < 4.78 is 29.7. The Hall–Kier alpha value is -2.35. The third-order valence-corrected chi connectivity index (χ3v) is 5.62. The Morgan fingerprint density at radius 2 is 2.12 bits per heavy atom. The number of nitrogens with one attached hydrogen (secondary N) is 1. The highest BCUT2D eigenvalue weighted by molar-refractivity contribution is 7.92. The lowest BCUT2D eigenvalue weighted by atomic mass is 10.1. The second-order valence-corrected chi connectivity index (χ2v) is 7.96. The molecule has 134 valence electrons. The van der Waals surface area contributed by atoms with Crippen molar-refractivity contribution >= 4 is 21.7 Å². The number of imidazole rings is 1. The molecule has 7 nitrogen and oxygen atoms in total. The summed E-state index contributed by atoms with van der Waals surface area (Å²) >= 11 is 0. The van der Waals surface area contributed by atoms with Gasteiger partial charge >= 0.3 is 5.97 Å². The normalized spacial score (nSPS) is 14.5. The van der Waals surface area contributed by atoms with Gasteiger partial charge < -0.3 is 9.67 Å². The molecule has 1 aliphatic rings. The lowest BCUT2D eigenvalue weighted by molar-refractivity contribution is 0.0696. The summed E-state index contributed by atoms with van der Waals surface area (Å²) in [5.74, 6) is 0.251. The molecule has 0 bridgehead atoms. The van der Waals surface area contributed by atoms with Crippen LogP contribution in [0, 0.1) is 12.8 Å². The van der Waals surface area contributed by atoms with Crippen molar-refractivity contribution in [2.75, 3.05) is 4.72 Å². The van der Waals surface area contributed by atoms with Gasteiger partial charge in [-0.1, -0.05) is 13.0 Å². The number of hydrogen-bond donors (Lipinski definition) is 2. The SMILES string of the molecule is CCc1nc(S(=O)(=O)Nc2cccc(C(=O)O)c2C)cn1CC1CC1. The molecule has 0 radical (unpaired) electrons. The summed E-state index contributed by atoms with van der Waals surface area (Å²) in [6, 6.07) is 4.49. The molecule has 1 aromatic heterocycles. The molecule has 1 heterocycles. The fourth-order valence-corrected chi connectivity index (χ4v) is 3.86. The first-order valence-electron chi connectivity index (χ1n) is 8.23. The topological polar surface area (TPSA) is 101 Å². The van der Waals surface area contributed by atoms with Gasteiger partial charge in [0.15, 0.2) is 5.03 Å². The van der Waals surface area contributed by atoms with Gasteiger partial charge in [0.05, 0.1) is 11.3 Å². The van der Waals surface area contributed by atoms with Gasteiger partial charge in [-0.2, -0.15) is 8.42 Å². The first kappa shape index (κ1) is 17.5. The number of aromatic nitrogens is 2. The van der Waals surface area contributed by atoms with Crippen molar-refractivity contribution < 1.29 is 18.3 Å². The summed E-state index contributed by atoms with van der Waals surface area (Å²) in [6.07, 6.45) is 4.55. The van der Waals surface area contributed by atoms with Crippen LogP contribution < -0.4 is 4.72 Å². The average Bonchev–Trinajstić information content (AvgIpc) is 3.26. The van der Waals surface area contributed by atoms with Crippen LogP contribution in [0.5, 0.6) is 0 Å².